The maximum absolute atomic E-state index is 11.4. The van der Waals surface area contributed by atoms with Gasteiger partial charge in [0, 0.05) is 6.08 Å². The molecule has 0 aromatic heterocycles. The van der Waals surface area contributed by atoms with Gasteiger partial charge in [-0.05, 0) is 50.5 Å². The van der Waals surface area contributed by atoms with Gasteiger partial charge in [0.15, 0.2) is 0 Å². The van der Waals surface area contributed by atoms with Crippen molar-refractivity contribution in [2.45, 2.75) is 80.6 Å². The third-order valence-electron chi connectivity index (χ3n) is 4.28. The quantitative estimate of drug-likeness (QED) is 0.278. The number of allylic oxidation sites excluding steroid dienone is 3. The summed E-state index contributed by atoms with van der Waals surface area (Å²) in [5, 5.41) is 0. The fourth-order valence-corrected chi connectivity index (χ4v) is 2.62. The molecule has 0 aliphatic heterocycles. The van der Waals surface area contributed by atoms with E-state index in [2.05, 4.69) is 40.7 Å². The predicted octanol–water partition coefficient (Wildman–Crippen LogP) is 6.07. The molecule has 0 N–H and O–H groups in total. The van der Waals surface area contributed by atoms with Crippen LogP contribution in [0.4, 0.5) is 0 Å². The lowest BCUT2D eigenvalue weighted by Crippen LogP contribution is -2.10. The number of esters is 1. The molecule has 1 unspecified atom stereocenters. The van der Waals surface area contributed by atoms with Crippen molar-refractivity contribution < 1.29 is 9.53 Å². The number of rotatable bonds is 10. The highest BCUT2D eigenvalue weighted by Gasteiger charge is 2.15. The SMILES string of the molecule is CCOC(=O)C=C(C)C=C(C)CC(C)CCCC(C)(C)CC. The summed E-state index contributed by atoms with van der Waals surface area (Å²) in [6.45, 7) is 15.7. The van der Waals surface area contributed by atoms with Gasteiger partial charge in [-0.2, -0.15) is 0 Å². The number of carbonyl (C=O) groups is 1. The van der Waals surface area contributed by atoms with Crippen LogP contribution in [0.3, 0.4) is 0 Å². The molecule has 0 bridgehead atoms. The summed E-state index contributed by atoms with van der Waals surface area (Å²) in [7, 11) is 0. The van der Waals surface area contributed by atoms with Crippen LogP contribution in [0.2, 0.25) is 0 Å². The maximum atomic E-state index is 11.4. The third-order valence-corrected chi connectivity index (χ3v) is 4.28. The Morgan fingerprint density at radius 1 is 1.18 bits per heavy atom. The smallest absolute Gasteiger partial charge is 0.330 e. The van der Waals surface area contributed by atoms with Crippen LogP contribution in [-0.4, -0.2) is 12.6 Å². The molecule has 0 aromatic rings. The standard InChI is InChI=1S/C20H36O2/c1-8-20(6,7)12-10-11-16(3)13-17(4)14-18(5)15-19(21)22-9-2/h14-16H,8-13H2,1-7H3. The minimum Gasteiger partial charge on any atom is -0.463 e. The fraction of sp³-hybridized carbons (Fsp3) is 0.750. The topological polar surface area (TPSA) is 26.3 Å². The predicted molar refractivity (Wildman–Crippen MR) is 95.9 cm³/mol. The summed E-state index contributed by atoms with van der Waals surface area (Å²) >= 11 is 0. The normalized spacial score (nSPS) is 14.9. The zero-order valence-corrected chi connectivity index (χ0v) is 15.8. The van der Waals surface area contributed by atoms with Gasteiger partial charge in [0.25, 0.3) is 0 Å². The third kappa shape index (κ3) is 10.6. The summed E-state index contributed by atoms with van der Waals surface area (Å²) in [6.07, 6.45) is 9.89. The Bertz CT molecular complexity index is 389. The molecule has 0 heterocycles. The van der Waals surface area contributed by atoms with Crippen molar-refractivity contribution in [1.29, 1.82) is 0 Å². The fourth-order valence-electron chi connectivity index (χ4n) is 2.62. The van der Waals surface area contributed by atoms with E-state index in [4.69, 9.17) is 4.74 Å². The van der Waals surface area contributed by atoms with E-state index < -0.39 is 0 Å². The van der Waals surface area contributed by atoms with E-state index in [0.717, 1.165) is 12.0 Å². The Labute approximate surface area is 138 Å². The molecule has 0 spiro atoms. The van der Waals surface area contributed by atoms with Gasteiger partial charge < -0.3 is 4.74 Å². The number of ether oxygens (including phenoxy) is 1. The Kier molecular flexibility index (Phi) is 10.1. The summed E-state index contributed by atoms with van der Waals surface area (Å²) in [5.41, 5.74) is 2.78. The van der Waals surface area contributed by atoms with E-state index in [0.29, 0.717) is 17.9 Å². The molecule has 0 aromatic carbocycles. The average molecular weight is 309 g/mol. The zero-order valence-electron chi connectivity index (χ0n) is 15.8. The number of carbonyl (C=O) groups excluding carboxylic acids is 1. The zero-order chi connectivity index (χ0) is 17.2. The number of hydrogen-bond acceptors (Lipinski definition) is 2. The molecule has 0 amide bonds. The molecule has 0 fully saturated rings. The summed E-state index contributed by atoms with van der Waals surface area (Å²) in [6, 6.07) is 0. The van der Waals surface area contributed by atoms with E-state index in [1.54, 1.807) is 6.08 Å². The first-order valence-electron chi connectivity index (χ1n) is 8.72. The molecular weight excluding hydrogens is 272 g/mol. The van der Waals surface area contributed by atoms with E-state index in [1.165, 1.54) is 31.3 Å². The second-order valence-electron chi connectivity index (χ2n) is 7.35. The van der Waals surface area contributed by atoms with Gasteiger partial charge in [-0.25, -0.2) is 4.79 Å². The molecule has 0 saturated carbocycles. The van der Waals surface area contributed by atoms with Crippen LogP contribution in [0.5, 0.6) is 0 Å². The van der Waals surface area contributed by atoms with Gasteiger partial charge in [-0.3, -0.25) is 0 Å². The van der Waals surface area contributed by atoms with Crippen molar-refractivity contribution in [3.63, 3.8) is 0 Å². The van der Waals surface area contributed by atoms with Crippen LogP contribution in [0.1, 0.15) is 80.6 Å². The Morgan fingerprint density at radius 3 is 2.36 bits per heavy atom. The molecule has 0 aliphatic carbocycles. The highest BCUT2D eigenvalue weighted by Crippen LogP contribution is 2.28. The lowest BCUT2D eigenvalue weighted by atomic mass is 9.83. The van der Waals surface area contributed by atoms with Crippen molar-refractivity contribution in [3.05, 3.63) is 23.3 Å². The van der Waals surface area contributed by atoms with Crippen molar-refractivity contribution >= 4 is 5.97 Å². The first kappa shape index (κ1) is 20.9. The van der Waals surface area contributed by atoms with Gasteiger partial charge in [-0.15, -0.1) is 0 Å². The molecule has 22 heavy (non-hydrogen) atoms. The molecule has 0 rings (SSSR count). The van der Waals surface area contributed by atoms with E-state index >= 15 is 0 Å². The van der Waals surface area contributed by atoms with Gasteiger partial charge in [0.2, 0.25) is 0 Å². The van der Waals surface area contributed by atoms with Gasteiger partial charge >= 0.3 is 5.97 Å². The highest BCUT2D eigenvalue weighted by molar-refractivity contribution is 5.83. The molecule has 0 radical (unpaired) electrons. The molecule has 0 aliphatic rings. The van der Waals surface area contributed by atoms with Crippen LogP contribution >= 0.6 is 0 Å². The Hall–Kier alpha value is -1.05. The van der Waals surface area contributed by atoms with Gasteiger partial charge in [-0.1, -0.05) is 58.6 Å². The van der Waals surface area contributed by atoms with Crippen molar-refractivity contribution in [3.8, 4) is 0 Å². The minimum absolute atomic E-state index is 0.251. The van der Waals surface area contributed by atoms with Crippen molar-refractivity contribution in [2.75, 3.05) is 6.61 Å². The second kappa shape index (κ2) is 10.6. The molecule has 0 saturated heterocycles. The van der Waals surface area contributed by atoms with Crippen LogP contribution < -0.4 is 0 Å². The molecule has 128 valence electrons. The molecule has 2 heteroatoms. The maximum Gasteiger partial charge on any atom is 0.330 e. The lowest BCUT2D eigenvalue weighted by molar-refractivity contribution is -0.137. The largest absolute Gasteiger partial charge is 0.463 e. The van der Waals surface area contributed by atoms with E-state index in [9.17, 15) is 4.79 Å². The Balaban J connectivity index is 4.26. The summed E-state index contributed by atoms with van der Waals surface area (Å²) < 4.78 is 4.93. The van der Waals surface area contributed by atoms with Crippen LogP contribution in [0.25, 0.3) is 0 Å². The van der Waals surface area contributed by atoms with E-state index in [1.807, 2.05) is 13.8 Å². The number of hydrogen-bond donors (Lipinski definition) is 0. The first-order chi connectivity index (χ1) is 10.2. The lowest BCUT2D eigenvalue weighted by Gasteiger charge is -2.23. The first-order valence-corrected chi connectivity index (χ1v) is 8.72. The highest BCUT2D eigenvalue weighted by atomic mass is 16.5. The monoisotopic (exact) mass is 308 g/mol. The average Bonchev–Trinajstić information content (AvgIpc) is 2.37. The second-order valence-corrected chi connectivity index (χ2v) is 7.35. The molecule has 2 nitrogen and oxygen atoms in total. The summed E-state index contributed by atoms with van der Waals surface area (Å²) in [5.74, 6) is 0.443. The minimum atomic E-state index is -0.251. The van der Waals surface area contributed by atoms with Gasteiger partial charge in [0.05, 0.1) is 6.61 Å². The summed E-state index contributed by atoms with van der Waals surface area (Å²) in [4.78, 5) is 11.4. The van der Waals surface area contributed by atoms with Crippen molar-refractivity contribution in [1.82, 2.24) is 0 Å². The Morgan fingerprint density at radius 2 is 1.82 bits per heavy atom. The van der Waals surface area contributed by atoms with Crippen LogP contribution in [0.15, 0.2) is 23.3 Å². The molecular formula is C20H36O2. The van der Waals surface area contributed by atoms with Crippen LogP contribution in [-0.2, 0) is 9.53 Å². The van der Waals surface area contributed by atoms with Crippen LogP contribution in [0, 0.1) is 11.3 Å². The van der Waals surface area contributed by atoms with Crippen molar-refractivity contribution in [2.24, 2.45) is 11.3 Å². The molecule has 1 atom stereocenters. The van der Waals surface area contributed by atoms with Gasteiger partial charge in [0.1, 0.15) is 0 Å². The van der Waals surface area contributed by atoms with E-state index in [-0.39, 0.29) is 5.97 Å².